The molecule has 1 aliphatic carbocycles. The van der Waals surface area contributed by atoms with E-state index in [9.17, 15) is 4.79 Å². The molecule has 1 atom stereocenters. The van der Waals surface area contributed by atoms with Crippen molar-refractivity contribution in [3.8, 4) is 5.69 Å². The predicted octanol–water partition coefficient (Wildman–Crippen LogP) is 3.57. The Bertz CT molecular complexity index is 1020. The number of benzene rings is 2. The van der Waals surface area contributed by atoms with Crippen molar-refractivity contribution < 1.29 is 4.79 Å². The van der Waals surface area contributed by atoms with Gasteiger partial charge in [0.25, 0.3) is 5.91 Å². The number of aromatic nitrogens is 2. The summed E-state index contributed by atoms with van der Waals surface area (Å²) in [5.74, 6) is -0.0664. The number of rotatable bonds is 7. The van der Waals surface area contributed by atoms with E-state index in [1.54, 1.807) is 0 Å². The van der Waals surface area contributed by atoms with E-state index in [1.165, 1.54) is 11.3 Å². The van der Waals surface area contributed by atoms with Crippen LogP contribution in [-0.4, -0.2) is 47.3 Å². The number of likely N-dealkylation sites (N-methyl/N-ethyl adjacent to an activating group) is 1. The number of hydrogen-bond acceptors (Lipinski definition) is 3. The van der Waals surface area contributed by atoms with Crippen molar-refractivity contribution in [2.75, 3.05) is 20.6 Å². The van der Waals surface area contributed by atoms with Crippen LogP contribution in [0.1, 0.15) is 39.3 Å². The summed E-state index contributed by atoms with van der Waals surface area (Å²) >= 11 is 0. The van der Waals surface area contributed by atoms with Crippen LogP contribution in [0, 0.1) is 6.92 Å². The third kappa shape index (κ3) is 4.31. The Morgan fingerprint density at radius 3 is 2.57 bits per heavy atom. The maximum absolute atomic E-state index is 13.3. The highest BCUT2D eigenvalue weighted by molar-refractivity contribution is 5.94. The lowest BCUT2D eigenvalue weighted by Gasteiger charge is -2.22. The summed E-state index contributed by atoms with van der Waals surface area (Å²) in [5.41, 5.74) is 6.32. The fourth-order valence-corrected chi connectivity index (χ4v) is 4.37. The topological polar surface area (TPSA) is 50.2 Å². The lowest BCUT2D eigenvalue weighted by Crippen LogP contribution is -2.43. The summed E-state index contributed by atoms with van der Waals surface area (Å²) < 4.78 is 1.99. The minimum Gasteiger partial charge on any atom is -0.346 e. The van der Waals surface area contributed by atoms with Gasteiger partial charge in [0.05, 0.1) is 5.69 Å². The average Bonchev–Trinajstić information content (AvgIpc) is 3.31. The van der Waals surface area contributed by atoms with Gasteiger partial charge in [0.15, 0.2) is 5.69 Å². The normalized spacial score (nSPS) is 14.0. The highest BCUT2D eigenvalue weighted by Gasteiger charge is 2.28. The first-order valence-corrected chi connectivity index (χ1v) is 10.7. The molecule has 4 rings (SSSR count). The van der Waals surface area contributed by atoms with E-state index >= 15 is 0 Å². The zero-order chi connectivity index (χ0) is 21.1. The van der Waals surface area contributed by atoms with Crippen LogP contribution in [0.4, 0.5) is 0 Å². The van der Waals surface area contributed by atoms with Gasteiger partial charge in [0.2, 0.25) is 0 Å². The number of aryl methyl sites for hydroxylation is 1. The predicted molar refractivity (Wildman–Crippen MR) is 120 cm³/mol. The number of amides is 1. The third-order valence-electron chi connectivity index (χ3n) is 5.73. The number of hydrogen-bond donors (Lipinski definition) is 1. The van der Waals surface area contributed by atoms with Gasteiger partial charge in [-0.3, -0.25) is 4.79 Å². The molecule has 1 unspecified atom stereocenters. The third-order valence-corrected chi connectivity index (χ3v) is 5.73. The van der Waals surface area contributed by atoms with E-state index in [-0.39, 0.29) is 11.9 Å². The van der Waals surface area contributed by atoms with Crippen molar-refractivity contribution in [3.05, 3.63) is 82.7 Å². The number of nitrogens with one attached hydrogen (secondary N) is 1. The van der Waals surface area contributed by atoms with Crippen molar-refractivity contribution in [2.45, 2.75) is 38.6 Å². The molecule has 0 fully saturated rings. The van der Waals surface area contributed by atoms with Crippen molar-refractivity contribution in [2.24, 2.45) is 0 Å². The summed E-state index contributed by atoms with van der Waals surface area (Å²) in [5, 5.41) is 8.06. The van der Waals surface area contributed by atoms with Crippen molar-refractivity contribution in [3.63, 3.8) is 0 Å². The Morgan fingerprint density at radius 1 is 1.10 bits per heavy atom. The van der Waals surface area contributed by atoms with E-state index in [4.69, 9.17) is 5.10 Å². The van der Waals surface area contributed by atoms with Crippen LogP contribution >= 0.6 is 0 Å². The molecule has 30 heavy (non-hydrogen) atoms. The standard InChI is InChI=1S/C25H30N4O/c1-18-10-7-8-14-22(18)29-23-15-9-13-21(23)24(27-29)25(30)26-20(17-28(2)3)16-19-11-5-4-6-12-19/h4-8,10-12,14,20H,9,13,15-17H2,1-3H3,(H,26,30). The molecule has 1 heterocycles. The van der Waals surface area contributed by atoms with Crippen LogP contribution in [0.25, 0.3) is 5.69 Å². The Hall–Kier alpha value is -2.92. The van der Waals surface area contributed by atoms with Crippen LogP contribution < -0.4 is 5.32 Å². The van der Waals surface area contributed by atoms with Gasteiger partial charge in [-0.15, -0.1) is 0 Å². The van der Waals surface area contributed by atoms with E-state index < -0.39 is 0 Å². The van der Waals surface area contributed by atoms with Crippen LogP contribution in [0.15, 0.2) is 54.6 Å². The Labute approximate surface area is 178 Å². The number of nitrogens with zero attached hydrogens (tertiary/aromatic N) is 3. The zero-order valence-corrected chi connectivity index (χ0v) is 18.1. The van der Waals surface area contributed by atoms with E-state index in [0.29, 0.717) is 5.69 Å². The molecule has 1 amide bonds. The van der Waals surface area contributed by atoms with Gasteiger partial charge in [-0.05, 0) is 63.9 Å². The molecule has 0 saturated carbocycles. The van der Waals surface area contributed by atoms with Crippen LogP contribution in [-0.2, 0) is 19.3 Å². The Kier molecular flexibility index (Phi) is 6.00. The van der Waals surface area contributed by atoms with Crippen LogP contribution in [0.3, 0.4) is 0 Å². The lowest BCUT2D eigenvalue weighted by atomic mass is 10.0. The second-order valence-electron chi connectivity index (χ2n) is 8.45. The fourth-order valence-electron chi connectivity index (χ4n) is 4.37. The van der Waals surface area contributed by atoms with E-state index in [0.717, 1.165) is 49.0 Å². The number of carbonyl (C=O) groups is 1. The second kappa shape index (κ2) is 8.84. The molecule has 2 aromatic carbocycles. The van der Waals surface area contributed by atoms with Gasteiger partial charge in [0.1, 0.15) is 0 Å². The number of carbonyl (C=O) groups excluding carboxylic acids is 1. The molecule has 1 aromatic heterocycles. The van der Waals surface area contributed by atoms with Crippen LogP contribution in [0.5, 0.6) is 0 Å². The molecule has 0 aliphatic heterocycles. The quantitative estimate of drug-likeness (QED) is 0.657. The second-order valence-corrected chi connectivity index (χ2v) is 8.45. The fraction of sp³-hybridized carbons (Fsp3) is 0.360. The highest BCUT2D eigenvalue weighted by Crippen LogP contribution is 2.29. The number of para-hydroxylation sites is 1. The molecular formula is C25H30N4O. The molecule has 3 aromatic rings. The molecule has 5 heteroatoms. The summed E-state index contributed by atoms with van der Waals surface area (Å²) in [4.78, 5) is 15.4. The first-order valence-electron chi connectivity index (χ1n) is 10.7. The maximum Gasteiger partial charge on any atom is 0.272 e. The first-order chi connectivity index (χ1) is 14.5. The summed E-state index contributed by atoms with van der Waals surface area (Å²) in [7, 11) is 4.07. The van der Waals surface area contributed by atoms with Gasteiger partial charge in [-0.25, -0.2) is 4.68 Å². The van der Waals surface area contributed by atoms with Crippen molar-refractivity contribution in [1.29, 1.82) is 0 Å². The molecule has 156 valence electrons. The van der Waals surface area contributed by atoms with Gasteiger partial charge >= 0.3 is 0 Å². The summed E-state index contributed by atoms with van der Waals surface area (Å²) in [6.45, 7) is 2.87. The van der Waals surface area contributed by atoms with Gasteiger partial charge in [0, 0.05) is 23.8 Å². The molecule has 1 aliphatic rings. The Morgan fingerprint density at radius 2 is 1.83 bits per heavy atom. The summed E-state index contributed by atoms with van der Waals surface area (Å²) in [6.07, 6.45) is 3.76. The smallest absolute Gasteiger partial charge is 0.272 e. The monoisotopic (exact) mass is 402 g/mol. The minimum atomic E-state index is -0.0664. The van der Waals surface area contributed by atoms with Gasteiger partial charge < -0.3 is 10.2 Å². The molecule has 0 spiro atoms. The average molecular weight is 403 g/mol. The molecule has 5 nitrogen and oxygen atoms in total. The zero-order valence-electron chi connectivity index (χ0n) is 18.1. The van der Waals surface area contributed by atoms with Crippen molar-refractivity contribution >= 4 is 5.91 Å². The molecule has 0 radical (unpaired) electrons. The molecule has 0 bridgehead atoms. The van der Waals surface area contributed by atoms with Crippen LogP contribution in [0.2, 0.25) is 0 Å². The highest BCUT2D eigenvalue weighted by atomic mass is 16.2. The summed E-state index contributed by atoms with van der Waals surface area (Å²) in [6, 6.07) is 18.6. The SMILES string of the molecule is Cc1ccccc1-n1nc(C(=O)NC(Cc2ccccc2)CN(C)C)c2c1CCC2. The first kappa shape index (κ1) is 20.4. The van der Waals surface area contributed by atoms with E-state index in [1.807, 2.05) is 49.1 Å². The molecule has 1 N–H and O–H groups in total. The van der Waals surface area contributed by atoms with Gasteiger partial charge in [-0.1, -0.05) is 48.5 Å². The minimum absolute atomic E-state index is 0.0237. The molecule has 0 saturated heterocycles. The Balaban J connectivity index is 1.61. The maximum atomic E-state index is 13.3. The van der Waals surface area contributed by atoms with Crippen molar-refractivity contribution in [1.82, 2.24) is 20.0 Å². The largest absolute Gasteiger partial charge is 0.346 e. The molecular weight excluding hydrogens is 372 g/mol. The number of fused-ring (bicyclic) bond motifs is 1. The lowest BCUT2D eigenvalue weighted by molar-refractivity contribution is 0.0923. The van der Waals surface area contributed by atoms with Gasteiger partial charge in [-0.2, -0.15) is 5.10 Å². The van der Waals surface area contributed by atoms with E-state index in [2.05, 4.69) is 41.4 Å².